The number of imidazole rings is 1. The van der Waals surface area contributed by atoms with Gasteiger partial charge in [-0.25, -0.2) is 9.78 Å². The third-order valence-electron chi connectivity index (χ3n) is 6.78. The van der Waals surface area contributed by atoms with E-state index in [1.807, 2.05) is 17.7 Å². The van der Waals surface area contributed by atoms with Gasteiger partial charge in [-0.2, -0.15) is 0 Å². The van der Waals surface area contributed by atoms with Crippen molar-refractivity contribution in [2.24, 2.45) is 7.05 Å². The lowest BCUT2D eigenvalue weighted by Gasteiger charge is -2.17. The molecule has 1 aliphatic rings. The highest BCUT2D eigenvalue weighted by atomic mass is 19.4. The number of nitrogens with one attached hydrogen (secondary N) is 3. The number of aromatic nitrogens is 3. The minimum atomic E-state index is -4.78. The van der Waals surface area contributed by atoms with Crippen LogP contribution in [0.25, 0.3) is 11.0 Å². The summed E-state index contributed by atoms with van der Waals surface area (Å²) in [4.78, 5) is 34.6. The van der Waals surface area contributed by atoms with E-state index in [0.717, 1.165) is 5.52 Å². The molecule has 0 saturated carbocycles. The molecule has 4 aromatic rings. The number of carbonyl (C=O) groups is 2. The van der Waals surface area contributed by atoms with Crippen molar-refractivity contribution in [2.75, 3.05) is 31.5 Å². The number of hydrogen-bond acceptors (Lipinski definition) is 7. The highest BCUT2D eigenvalue weighted by Crippen LogP contribution is 2.35. The summed E-state index contributed by atoms with van der Waals surface area (Å²) < 4.78 is 50.5. The fourth-order valence-corrected chi connectivity index (χ4v) is 4.63. The zero-order valence-corrected chi connectivity index (χ0v) is 23.7. The molecule has 0 atom stereocenters. The number of anilines is 2. The van der Waals surface area contributed by atoms with E-state index in [1.54, 1.807) is 43.0 Å². The molecule has 0 radical (unpaired) electrons. The number of alkyl halides is 3. The van der Waals surface area contributed by atoms with Gasteiger partial charge in [-0.1, -0.05) is 13.8 Å². The Morgan fingerprint density at radius 2 is 1.93 bits per heavy atom. The van der Waals surface area contributed by atoms with E-state index in [2.05, 4.69) is 30.7 Å². The van der Waals surface area contributed by atoms with Crippen LogP contribution in [-0.2, 0) is 7.05 Å². The molecule has 14 heteroatoms. The Hall–Kier alpha value is -5.01. The van der Waals surface area contributed by atoms with Gasteiger partial charge < -0.3 is 34.9 Å². The molecule has 3 N–H and O–H groups in total. The maximum absolute atomic E-state index is 12.8. The maximum atomic E-state index is 12.8. The summed E-state index contributed by atoms with van der Waals surface area (Å²) in [5.74, 6) is 0.505. The smallest absolute Gasteiger partial charge is 0.457 e. The Kier molecular flexibility index (Phi) is 8.28. The van der Waals surface area contributed by atoms with E-state index in [1.165, 1.54) is 24.4 Å². The number of aryl methyl sites for hydroxylation is 1. The lowest BCUT2D eigenvalue weighted by molar-refractivity contribution is -0.274. The second-order valence-electron chi connectivity index (χ2n) is 10.2. The number of nitrogens with zero attached hydrogens (tertiary/aromatic N) is 4. The summed E-state index contributed by atoms with van der Waals surface area (Å²) >= 11 is 0. The van der Waals surface area contributed by atoms with Crippen molar-refractivity contribution in [3.63, 3.8) is 0 Å². The average molecular weight is 604 g/mol. The zero-order chi connectivity index (χ0) is 30.7. The fraction of sp³-hybridized carbons (Fsp3) is 0.310. The van der Waals surface area contributed by atoms with Crippen molar-refractivity contribution in [2.45, 2.75) is 26.1 Å². The average Bonchev–Trinajstić information content (AvgIpc) is 3.50. The Morgan fingerprint density at radius 3 is 2.65 bits per heavy atom. The number of halogens is 3. The largest absolute Gasteiger partial charge is 0.573 e. The molecule has 11 nitrogen and oxygen atoms in total. The van der Waals surface area contributed by atoms with Gasteiger partial charge in [0.05, 0.1) is 11.0 Å². The monoisotopic (exact) mass is 603 g/mol. The van der Waals surface area contributed by atoms with Crippen LogP contribution in [0.3, 0.4) is 0 Å². The number of benzene rings is 2. The molecule has 232 valence electrons. The van der Waals surface area contributed by atoms with Crippen LogP contribution in [0.2, 0.25) is 0 Å². The Morgan fingerprint density at radius 1 is 1.14 bits per heavy atom. The third kappa shape index (κ3) is 7.08. The molecule has 2 aromatic carbocycles. The van der Waals surface area contributed by atoms with Crippen LogP contribution in [0.4, 0.5) is 29.6 Å². The summed E-state index contributed by atoms with van der Waals surface area (Å²) in [6.45, 7) is 5.44. The molecule has 5 rings (SSSR count). The van der Waals surface area contributed by atoms with Crippen LogP contribution >= 0.6 is 0 Å². The normalized spacial score (nSPS) is 13.4. The zero-order valence-electron chi connectivity index (χ0n) is 23.7. The molecule has 0 unspecified atom stereocenters. The van der Waals surface area contributed by atoms with Crippen LogP contribution < -0.4 is 25.4 Å². The van der Waals surface area contributed by atoms with Gasteiger partial charge in [0, 0.05) is 61.5 Å². The van der Waals surface area contributed by atoms with Crippen molar-refractivity contribution in [3.05, 3.63) is 66.0 Å². The molecule has 3 amide bonds. The van der Waals surface area contributed by atoms with Crippen molar-refractivity contribution in [1.82, 2.24) is 30.1 Å². The molecule has 0 aliphatic carbocycles. The van der Waals surface area contributed by atoms with Crippen molar-refractivity contribution < 1.29 is 36.5 Å². The van der Waals surface area contributed by atoms with Crippen LogP contribution in [0, 0.1) is 0 Å². The first-order chi connectivity index (χ1) is 20.5. The van der Waals surface area contributed by atoms with E-state index < -0.39 is 6.36 Å². The van der Waals surface area contributed by atoms with Gasteiger partial charge in [-0.05, 0) is 47.9 Å². The fourth-order valence-electron chi connectivity index (χ4n) is 4.63. The number of rotatable bonds is 10. The first kappa shape index (κ1) is 29.5. The predicted molar refractivity (Wildman–Crippen MR) is 159 cm³/mol. The summed E-state index contributed by atoms with van der Waals surface area (Å²) in [7, 11) is 1.81. The predicted octanol–water partition coefficient (Wildman–Crippen LogP) is 6.02. The number of fused-ring (bicyclic) bond motifs is 1. The van der Waals surface area contributed by atoms with Gasteiger partial charge in [0.1, 0.15) is 22.9 Å². The molecular weight excluding hydrogens is 567 g/mol. The Balaban J connectivity index is 0.00000245. The highest BCUT2D eigenvalue weighted by molar-refractivity contribution is 5.92. The standard InChI is InChI=1S/C29H30F3N7O4.3H2/c1-17(2)21-14-18(4-7-25(21)43-29(30,31)32)36-27-37-22-15-19(5-6-24(22)38(27)3)42-20-8-9-33-23(16-20)26(40)34-10-12-39-13-11-35-28(39)41;;;/h4-9,14-17H,10-13H2,1-3H3,(H,34,40)(H,35,41)(H,36,37);3*1H. The van der Waals surface area contributed by atoms with Crippen LogP contribution in [0.1, 0.15) is 40.1 Å². The lowest BCUT2D eigenvalue weighted by Crippen LogP contribution is -2.37. The second-order valence-corrected chi connectivity index (χ2v) is 10.2. The summed E-state index contributed by atoms with van der Waals surface area (Å²) in [5, 5.41) is 8.64. The number of hydrogen-bond donors (Lipinski definition) is 3. The molecule has 2 aromatic heterocycles. The van der Waals surface area contributed by atoms with E-state index in [9.17, 15) is 22.8 Å². The minimum absolute atomic E-state index is 0. The van der Waals surface area contributed by atoms with Gasteiger partial charge in [-0.3, -0.25) is 9.78 Å². The van der Waals surface area contributed by atoms with Gasteiger partial charge in [0.15, 0.2) is 0 Å². The SMILES string of the molecule is CC(C)c1cc(Nc2nc3cc(Oc4ccnc(C(=O)NCCN5CCNC5=O)c4)ccc3n2C)ccc1OC(F)(F)F.[HH].[HH].[HH]. The molecule has 1 aliphatic heterocycles. The van der Waals surface area contributed by atoms with E-state index in [0.29, 0.717) is 53.8 Å². The van der Waals surface area contributed by atoms with Crippen molar-refractivity contribution in [1.29, 1.82) is 0 Å². The number of pyridine rings is 1. The second kappa shape index (κ2) is 12.1. The Labute approximate surface area is 249 Å². The van der Waals surface area contributed by atoms with Crippen LogP contribution in [-0.4, -0.2) is 63.9 Å². The number of ether oxygens (including phenoxy) is 2. The quantitative estimate of drug-likeness (QED) is 0.203. The molecule has 0 bridgehead atoms. The number of urea groups is 1. The van der Waals surface area contributed by atoms with Gasteiger partial charge >= 0.3 is 12.4 Å². The van der Waals surface area contributed by atoms with Crippen LogP contribution in [0.5, 0.6) is 17.2 Å². The molecule has 1 fully saturated rings. The van der Waals surface area contributed by atoms with Crippen molar-refractivity contribution in [3.8, 4) is 17.2 Å². The van der Waals surface area contributed by atoms with E-state index in [4.69, 9.17) is 4.74 Å². The summed E-state index contributed by atoms with van der Waals surface area (Å²) in [6.07, 6.45) is -3.32. The summed E-state index contributed by atoms with van der Waals surface area (Å²) in [5.41, 5.74) is 2.53. The molecule has 43 heavy (non-hydrogen) atoms. The highest BCUT2D eigenvalue weighted by Gasteiger charge is 2.32. The molecule has 1 saturated heterocycles. The minimum Gasteiger partial charge on any atom is -0.457 e. The van der Waals surface area contributed by atoms with E-state index >= 15 is 0 Å². The first-order valence-electron chi connectivity index (χ1n) is 13.5. The number of amides is 3. The van der Waals surface area contributed by atoms with Gasteiger partial charge in [-0.15, -0.1) is 13.2 Å². The topological polar surface area (TPSA) is 123 Å². The third-order valence-corrected chi connectivity index (χ3v) is 6.78. The van der Waals surface area contributed by atoms with E-state index in [-0.39, 0.29) is 40.1 Å². The number of carbonyl (C=O) groups excluding carboxylic acids is 2. The van der Waals surface area contributed by atoms with Crippen LogP contribution in [0.15, 0.2) is 54.7 Å². The van der Waals surface area contributed by atoms with Gasteiger partial charge in [0.2, 0.25) is 5.95 Å². The lowest BCUT2D eigenvalue weighted by atomic mass is 10.0. The summed E-state index contributed by atoms with van der Waals surface area (Å²) in [6, 6.07) is 12.7. The Bertz CT molecular complexity index is 1670. The van der Waals surface area contributed by atoms with Gasteiger partial charge in [0.25, 0.3) is 5.91 Å². The molecule has 0 spiro atoms. The molecule has 3 heterocycles. The van der Waals surface area contributed by atoms with Crippen molar-refractivity contribution >= 4 is 34.6 Å². The maximum Gasteiger partial charge on any atom is 0.573 e. The molecular formula is C29H36F3N7O4. The first-order valence-corrected chi connectivity index (χ1v) is 13.5.